The number of nitrogens with one attached hydrogen (secondary N) is 1. The Morgan fingerprint density at radius 2 is 1.55 bits per heavy atom. The zero-order valence-electron chi connectivity index (χ0n) is 10.4. The lowest BCUT2D eigenvalue weighted by Crippen LogP contribution is -2.09. The van der Waals surface area contributed by atoms with Gasteiger partial charge in [-0.1, -0.05) is 12.1 Å². The standard InChI is InChI=1S/C10H7NO8S3/c12-20(13)6-3-1-2-5-7(21(14,15)16)4-8(22(17,18)19)10(11-20)9(5)6/h1-4,11H,(H,14,15,16)(H,17,18,19). The lowest BCUT2D eigenvalue weighted by molar-refractivity contribution is 0.482. The third-order valence-corrected chi connectivity index (χ3v) is 6.30. The molecule has 0 radical (unpaired) electrons. The maximum Gasteiger partial charge on any atom is 0.296 e. The Morgan fingerprint density at radius 3 is 2.09 bits per heavy atom. The Kier molecular flexibility index (Phi) is 2.88. The van der Waals surface area contributed by atoms with Crippen molar-refractivity contribution in [2.45, 2.75) is 14.7 Å². The van der Waals surface area contributed by atoms with Crippen LogP contribution in [0, 0.1) is 0 Å². The van der Waals surface area contributed by atoms with E-state index in [2.05, 4.69) is 0 Å². The van der Waals surface area contributed by atoms with Crippen molar-refractivity contribution in [3.8, 4) is 0 Å². The van der Waals surface area contributed by atoms with Gasteiger partial charge in [0.15, 0.2) is 0 Å². The van der Waals surface area contributed by atoms with E-state index in [4.69, 9.17) is 0 Å². The first-order chi connectivity index (χ1) is 9.93. The lowest BCUT2D eigenvalue weighted by atomic mass is 10.1. The van der Waals surface area contributed by atoms with Gasteiger partial charge in [-0.25, -0.2) is 8.42 Å². The number of hydrogen-bond donors (Lipinski definition) is 3. The molecular weight excluding hydrogens is 358 g/mol. The quantitative estimate of drug-likeness (QED) is 0.648. The number of rotatable bonds is 2. The molecule has 1 aliphatic rings. The summed E-state index contributed by atoms with van der Waals surface area (Å²) in [5.41, 5.74) is -0.458. The van der Waals surface area contributed by atoms with Gasteiger partial charge in [-0.2, -0.15) is 16.8 Å². The van der Waals surface area contributed by atoms with E-state index >= 15 is 0 Å². The van der Waals surface area contributed by atoms with Gasteiger partial charge in [0, 0.05) is 10.8 Å². The van der Waals surface area contributed by atoms with Gasteiger partial charge >= 0.3 is 0 Å². The maximum absolute atomic E-state index is 12.0. The molecule has 1 heterocycles. The van der Waals surface area contributed by atoms with E-state index in [0.717, 1.165) is 6.07 Å². The molecule has 0 fully saturated rings. The van der Waals surface area contributed by atoms with Crippen LogP contribution in [0.3, 0.4) is 0 Å². The van der Waals surface area contributed by atoms with E-state index in [1.165, 1.54) is 12.1 Å². The number of anilines is 1. The summed E-state index contributed by atoms with van der Waals surface area (Å²) in [5.74, 6) is 0. The zero-order chi connectivity index (χ0) is 16.5. The number of sulfonamides is 1. The van der Waals surface area contributed by atoms with Gasteiger partial charge in [-0.15, -0.1) is 0 Å². The van der Waals surface area contributed by atoms with Crippen molar-refractivity contribution in [2.75, 3.05) is 4.72 Å². The van der Waals surface area contributed by atoms with Crippen molar-refractivity contribution in [3.05, 3.63) is 24.3 Å². The normalized spacial score (nSPS) is 16.6. The fourth-order valence-corrected chi connectivity index (χ4v) is 5.18. The minimum Gasteiger partial charge on any atom is -0.282 e. The molecule has 2 aromatic rings. The molecule has 12 heteroatoms. The van der Waals surface area contributed by atoms with E-state index < -0.39 is 45.7 Å². The maximum atomic E-state index is 12.0. The molecule has 0 unspecified atom stereocenters. The summed E-state index contributed by atoms with van der Waals surface area (Å²) in [6, 6.07) is 4.10. The molecular formula is C10H7NO8S3. The molecule has 0 aliphatic carbocycles. The molecule has 0 saturated carbocycles. The molecule has 22 heavy (non-hydrogen) atoms. The van der Waals surface area contributed by atoms with Crippen LogP contribution in [0.5, 0.6) is 0 Å². The zero-order valence-corrected chi connectivity index (χ0v) is 12.8. The summed E-state index contributed by atoms with van der Waals surface area (Å²) in [7, 11) is -13.9. The van der Waals surface area contributed by atoms with Crippen LogP contribution in [0.4, 0.5) is 5.69 Å². The van der Waals surface area contributed by atoms with Crippen LogP contribution in [0.1, 0.15) is 0 Å². The predicted octanol–water partition coefficient (Wildman–Crippen LogP) is 0.447. The summed E-state index contributed by atoms with van der Waals surface area (Å²) < 4.78 is 90.1. The molecule has 118 valence electrons. The second-order valence-electron chi connectivity index (χ2n) is 4.48. The predicted molar refractivity (Wildman–Crippen MR) is 74.4 cm³/mol. The molecule has 0 saturated heterocycles. The molecule has 2 aromatic carbocycles. The Balaban J connectivity index is 2.69. The van der Waals surface area contributed by atoms with Gasteiger partial charge < -0.3 is 0 Å². The summed E-state index contributed by atoms with van der Waals surface area (Å²) in [4.78, 5) is -2.13. The molecule has 0 amide bonds. The van der Waals surface area contributed by atoms with Gasteiger partial charge in [0.25, 0.3) is 30.3 Å². The van der Waals surface area contributed by atoms with Crippen molar-refractivity contribution in [3.63, 3.8) is 0 Å². The minimum atomic E-state index is -4.94. The van der Waals surface area contributed by atoms with E-state index in [9.17, 15) is 34.4 Å². The van der Waals surface area contributed by atoms with Crippen molar-refractivity contribution in [2.24, 2.45) is 0 Å². The number of benzene rings is 2. The highest BCUT2D eigenvalue weighted by atomic mass is 32.2. The summed E-state index contributed by atoms with van der Waals surface area (Å²) in [5, 5.41) is -0.416. The van der Waals surface area contributed by atoms with Gasteiger partial charge in [-0.05, 0) is 12.1 Å². The fraction of sp³-hybridized carbons (Fsp3) is 0. The first kappa shape index (κ1) is 15.2. The molecule has 3 rings (SSSR count). The van der Waals surface area contributed by atoms with Crippen molar-refractivity contribution in [1.29, 1.82) is 0 Å². The highest BCUT2D eigenvalue weighted by Gasteiger charge is 2.35. The van der Waals surface area contributed by atoms with E-state index in [-0.39, 0.29) is 15.7 Å². The highest BCUT2D eigenvalue weighted by Crippen LogP contribution is 2.44. The Bertz CT molecular complexity index is 1150. The SMILES string of the molecule is O=S(=O)(O)c1cc(S(=O)(=O)O)c2cccc3c2c1NS3(=O)=O. The largest absolute Gasteiger partial charge is 0.296 e. The van der Waals surface area contributed by atoms with Crippen LogP contribution < -0.4 is 4.72 Å². The average molecular weight is 365 g/mol. The fourth-order valence-electron chi connectivity index (χ4n) is 2.32. The monoisotopic (exact) mass is 365 g/mol. The van der Waals surface area contributed by atoms with E-state index in [0.29, 0.717) is 6.07 Å². The van der Waals surface area contributed by atoms with Crippen LogP contribution in [-0.4, -0.2) is 34.4 Å². The third kappa shape index (κ3) is 2.07. The number of hydrogen-bond acceptors (Lipinski definition) is 6. The Labute approximate surface area is 125 Å². The van der Waals surface area contributed by atoms with Gasteiger partial charge in [-0.3, -0.25) is 13.8 Å². The molecule has 0 atom stereocenters. The average Bonchev–Trinajstić information content (AvgIpc) is 2.60. The first-order valence-corrected chi connectivity index (χ1v) is 9.87. The van der Waals surface area contributed by atoms with Gasteiger partial charge in [0.2, 0.25) is 0 Å². The summed E-state index contributed by atoms with van der Waals surface area (Å²) in [6.45, 7) is 0. The molecule has 9 nitrogen and oxygen atoms in total. The van der Waals surface area contributed by atoms with E-state index in [1.54, 1.807) is 0 Å². The van der Waals surface area contributed by atoms with Crippen molar-refractivity contribution < 1.29 is 34.4 Å². The molecule has 0 spiro atoms. The second-order valence-corrected chi connectivity index (χ2v) is 8.91. The van der Waals surface area contributed by atoms with Gasteiger partial charge in [0.1, 0.15) is 9.79 Å². The van der Waals surface area contributed by atoms with Crippen LogP contribution in [0.2, 0.25) is 0 Å². The molecule has 3 N–H and O–H groups in total. The van der Waals surface area contributed by atoms with E-state index in [1.807, 2.05) is 4.72 Å². The molecule has 0 bridgehead atoms. The van der Waals surface area contributed by atoms with Crippen molar-refractivity contribution >= 4 is 46.7 Å². The Morgan fingerprint density at radius 1 is 0.955 bits per heavy atom. The van der Waals surface area contributed by atoms with Crippen LogP contribution >= 0.6 is 0 Å². The van der Waals surface area contributed by atoms with Crippen LogP contribution in [-0.2, 0) is 30.3 Å². The molecule has 0 aromatic heterocycles. The second kappa shape index (κ2) is 4.17. The minimum absolute atomic E-state index is 0.184. The first-order valence-electron chi connectivity index (χ1n) is 5.50. The van der Waals surface area contributed by atoms with Gasteiger partial charge in [0.05, 0.1) is 10.6 Å². The topological polar surface area (TPSA) is 155 Å². The van der Waals surface area contributed by atoms with Crippen LogP contribution in [0.25, 0.3) is 10.8 Å². The summed E-state index contributed by atoms with van der Waals surface area (Å²) in [6.07, 6.45) is 0. The highest BCUT2D eigenvalue weighted by molar-refractivity contribution is 7.93. The van der Waals surface area contributed by atoms with Crippen molar-refractivity contribution in [1.82, 2.24) is 0 Å². The molecule has 1 aliphatic heterocycles. The lowest BCUT2D eigenvalue weighted by Gasteiger charge is -2.09. The smallest absolute Gasteiger partial charge is 0.282 e. The van der Waals surface area contributed by atoms with Crippen LogP contribution in [0.15, 0.2) is 39.0 Å². The Hall–Kier alpha value is -1.73. The summed E-state index contributed by atoms with van der Waals surface area (Å²) >= 11 is 0. The third-order valence-electron chi connectivity index (χ3n) is 3.13.